The van der Waals surface area contributed by atoms with Crippen molar-refractivity contribution >= 4 is 5.82 Å². The van der Waals surface area contributed by atoms with E-state index in [4.69, 9.17) is 15.2 Å². The van der Waals surface area contributed by atoms with E-state index >= 15 is 0 Å². The Morgan fingerprint density at radius 1 is 1.36 bits per heavy atom. The number of methoxy groups -OCH3 is 1. The van der Waals surface area contributed by atoms with Crippen molar-refractivity contribution in [3.63, 3.8) is 0 Å². The molecule has 0 unspecified atom stereocenters. The van der Waals surface area contributed by atoms with E-state index in [1.165, 1.54) is 5.56 Å². The Morgan fingerprint density at radius 3 is 2.86 bits per heavy atom. The minimum Gasteiger partial charge on any atom is -0.496 e. The number of H-pyrrole nitrogens is 1. The molecule has 1 aromatic carbocycles. The zero-order chi connectivity index (χ0) is 15.4. The fourth-order valence-electron chi connectivity index (χ4n) is 2.71. The quantitative estimate of drug-likeness (QED) is 0.786. The summed E-state index contributed by atoms with van der Waals surface area (Å²) in [6.45, 7) is 2.52. The molecule has 0 radical (unpaired) electrons. The van der Waals surface area contributed by atoms with Gasteiger partial charge in [0, 0.05) is 37.4 Å². The van der Waals surface area contributed by atoms with Crippen LogP contribution in [0.5, 0.6) is 5.75 Å². The second-order valence-corrected chi connectivity index (χ2v) is 5.51. The van der Waals surface area contributed by atoms with Crippen molar-refractivity contribution in [2.75, 3.05) is 26.1 Å². The van der Waals surface area contributed by atoms with E-state index in [0.29, 0.717) is 11.9 Å². The fourth-order valence-corrected chi connectivity index (χ4v) is 2.71. The van der Waals surface area contributed by atoms with Crippen LogP contribution in [0.1, 0.15) is 18.4 Å². The predicted molar refractivity (Wildman–Crippen MR) is 85.7 cm³/mol. The number of nitrogens with one attached hydrogen (secondary N) is 2. The molecule has 0 amide bonds. The molecule has 0 aliphatic carbocycles. The lowest BCUT2D eigenvalue weighted by molar-refractivity contribution is 0.0776. The molecule has 22 heavy (non-hydrogen) atoms. The third-order valence-electron chi connectivity index (χ3n) is 3.97. The van der Waals surface area contributed by atoms with Crippen molar-refractivity contribution in [1.82, 2.24) is 15.5 Å². The Hall–Kier alpha value is -2.05. The molecular formula is C16H22N4O2. The van der Waals surface area contributed by atoms with Crippen LogP contribution in [0, 0.1) is 0 Å². The first-order valence-electron chi connectivity index (χ1n) is 7.55. The summed E-state index contributed by atoms with van der Waals surface area (Å²) >= 11 is 0. The summed E-state index contributed by atoms with van der Waals surface area (Å²) in [5.41, 5.74) is 8.68. The summed E-state index contributed by atoms with van der Waals surface area (Å²) in [5.74, 6) is 1.29. The molecule has 0 saturated carbocycles. The van der Waals surface area contributed by atoms with E-state index in [9.17, 15) is 0 Å². The first-order valence-corrected chi connectivity index (χ1v) is 7.55. The molecule has 0 spiro atoms. The van der Waals surface area contributed by atoms with Crippen LogP contribution >= 0.6 is 0 Å². The molecule has 2 aromatic rings. The molecule has 1 fully saturated rings. The number of benzene rings is 1. The lowest BCUT2D eigenvalue weighted by Gasteiger charge is -2.23. The standard InChI is InChI=1S/C16H22N4O2/c1-21-15-8-11(10-18-12-4-6-22-7-5-12)2-3-13(15)14-9-16(17)20-19-14/h2-3,8-9,12,18H,4-7,10H2,1H3,(H3,17,19,20). The summed E-state index contributed by atoms with van der Waals surface area (Å²) in [5, 5.41) is 10.5. The molecule has 2 heterocycles. The van der Waals surface area contributed by atoms with Crippen molar-refractivity contribution in [3.05, 3.63) is 29.8 Å². The van der Waals surface area contributed by atoms with E-state index in [1.54, 1.807) is 13.2 Å². The highest BCUT2D eigenvalue weighted by molar-refractivity contribution is 5.69. The number of rotatable bonds is 5. The van der Waals surface area contributed by atoms with Gasteiger partial charge in [0.25, 0.3) is 0 Å². The smallest absolute Gasteiger partial charge is 0.145 e. The zero-order valence-corrected chi connectivity index (χ0v) is 12.8. The van der Waals surface area contributed by atoms with E-state index in [1.807, 2.05) is 6.07 Å². The second-order valence-electron chi connectivity index (χ2n) is 5.51. The van der Waals surface area contributed by atoms with Crippen LogP contribution < -0.4 is 15.8 Å². The Labute approximate surface area is 130 Å². The van der Waals surface area contributed by atoms with Crippen LogP contribution in [0.2, 0.25) is 0 Å². The number of anilines is 1. The summed E-state index contributed by atoms with van der Waals surface area (Å²) < 4.78 is 10.9. The van der Waals surface area contributed by atoms with Crippen molar-refractivity contribution < 1.29 is 9.47 Å². The monoisotopic (exact) mass is 302 g/mol. The molecular weight excluding hydrogens is 280 g/mol. The lowest BCUT2D eigenvalue weighted by Crippen LogP contribution is -2.34. The number of nitrogen functional groups attached to an aromatic ring is 1. The molecule has 4 N–H and O–H groups in total. The van der Waals surface area contributed by atoms with Gasteiger partial charge in [-0.1, -0.05) is 6.07 Å². The molecule has 6 nitrogen and oxygen atoms in total. The number of aromatic amines is 1. The van der Waals surface area contributed by atoms with Gasteiger partial charge in [0.1, 0.15) is 11.6 Å². The van der Waals surface area contributed by atoms with Gasteiger partial charge < -0.3 is 20.5 Å². The van der Waals surface area contributed by atoms with Gasteiger partial charge in [0.15, 0.2) is 0 Å². The number of hydrogen-bond donors (Lipinski definition) is 3. The van der Waals surface area contributed by atoms with Crippen LogP contribution in [0.25, 0.3) is 11.3 Å². The summed E-state index contributed by atoms with van der Waals surface area (Å²) in [6, 6.07) is 8.52. The van der Waals surface area contributed by atoms with Crippen molar-refractivity contribution in [2.45, 2.75) is 25.4 Å². The Kier molecular flexibility index (Phi) is 4.60. The van der Waals surface area contributed by atoms with Gasteiger partial charge >= 0.3 is 0 Å². The van der Waals surface area contributed by atoms with Crippen molar-refractivity contribution in [1.29, 1.82) is 0 Å². The Morgan fingerprint density at radius 2 is 2.18 bits per heavy atom. The van der Waals surface area contributed by atoms with Gasteiger partial charge in [-0.2, -0.15) is 5.10 Å². The van der Waals surface area contributed by atoms with Crippen LogP contribution in [-0.4, -0.2) is 36.6 Å². The minimum absolute atomic E-state index is 0.474. The second kappa shape index (κ2) is 6.81. The van der Waals surface area contributed by atoms with Crippen molar-refractivity contribution in [2.24, 2.45) is 0 Å². The topological polar surface area (TPSA) is 85.2 Å². The third kappa shape index (κ3) is 3.40. The first-order chi connectivity index (χ1) is 10.8. The van der Waals surface area contributed by atoms with E-state index in [2.05, 4.69) is 27.6 Å². The van der Waals surface area contributed by atoms with Gasteiger partial charge in [-0.25, -0.2) is 0 Å². The number of nitrogens with two attached hydrogens (primary N) is 1. The maximum absolute atomic E-state index is 5.66. The summed E-state index contributed by atoms with van der Waals surface area (Å²) in [4.78, 5) is 0. The lowest BCUT2D eigenvalue weighted by atomic mass is 10.1. The van der Waals surface area contributed by atoms with Crippen LogP contribution in [0.3, 0.4) is 0 Å². The molecule has 1 aromatic heterocycles. The average Bonchev–Trinajstić information content (AvgIpc) is 3.00. The van der Waals surface area contributed by atoms with E-state index in [0.717, 1.165) is 49.6 Å². The Balaban J connectivity index is 1.71. The van der Waals surface area contributed by atoms with Gasteiger partial charge in [-0.3, -0.25) is 5.10 Å². The SMILES string of the molecule is COc1cc(CNC2CCOCC2)ccc1-c1cc(N)n[nH]1. The van der Waals surface area contributed by atoms with Gasteiger partial charge in [-0.15, -0.1) is 0 Å². The third-order valence-corrected chi connectivity index (χ3v) is 3.97. The highest BCUT2D eigenvalue weighted by Crippen LogP contribution is 2.30. The first kappa shape index (κ1) is 14.9. The van der Waals surface area contributed by atoms with Crippen LogP contribution in [0.4, 0.5) is 5.82 Å². The molecule has 118 valence electrons. The van der Waals surface area contributed by atoms with E-state index < -0.39 is 0 Å². The van der Waals surface area contributed by atoms with Gasteiger partial charge in [0.2, 0.25) is 0 Å². The molecule has 6 heteroatoms. The number of aromatic nitrogens is 2. The minimum atomic E-state index is 0.474. The number of ether oxygens (including phenoxy) is 2. The molecule has 1 aliphatic heterocycles. The number of hydrogen-bond acceptors (Lipinski definition) is 5. The molecule has 1 aliphatic rings. The van der Waals surface area contributed by atoms with Crippen molar-refractivity contribution in [3.8, 4) is 17.0 Å². The largest absolute Gasteiger partial charge is 0.496 e. The highest BCUT2D eigenvalue weighted by Gasteiger charge is 2.14. The summed E-state index contributed by atoms with van der Waals surface area (Å²) in [6.07, 6.45) is 2.14. The molecule has 0 bridgehead atoms. The highest BCUT2D eigenvalue weighted by atomic mass is 16.5. The van der Waals surface area contributed by atoms with Crippen LogP contribution in [0.15, 0.2) is 24.3 Å². The number of nitrogens with zero attached hydrogens (tertiary/aromatic N) is 1. The molecule has 3 rings (SSSR count). The fraction of sp³-hybridized carbons (Fsp3) is 0.438. The normalized spacial score (nSPS) is 15.9. The van der Waals surface area contributed by atoms with Gasteiger partial charge in [0.05, 0.1) is 12.8 Å². The maximum atomic E-state index is 5.66. The maximum Gasteiger partial charge on any atom is 0.145 e. The molecule has 1 saturated heterocycles. The average molecular weight is 302 g/mol. The summed E-state index contributed by atoms with van der Waals surface area (Å²) in [7, 11) is 1.67. The Bertz CT molecular complexity index is 620. The van der Waals surface area contributed by atoms with E-state index in [-0.39, 0.29) is 0 Å². The molecule has 0 atom stereocenters. The predicted octanol–water partition coefficient (Wildman–Crippen LogP) is 1.94. The zero-order valence-electron chi connectivity index (χ0n) is 12.8. The van der Waals surface area contributed by atoms with Gasteiger partial charge in [-0.05, 0) is 30.5 Å². The van der Waals surface area contributed by atoms with Crippen LogP contribution in [-0.2, 0) is 11.3 Å².